The van der Waals surface area contributed by atoms with Crippen LogP contribution in [0.4, 0.5) is 5.95 Å². The first-order valence-electron chi connectivity index (χ1n) is 9.20. The van der Waals surface area contributed by atoms with Gasteiger partial charge in [0.15, 0.2) is 0 Å². The standard InChI is InChI=1S/C20H23N5O2S/c1-24(2)28(26,27)25-12-10-18(14-25)22-20-21-11-9-19(23-20)17-8-7-15-5-3-4-6-16(15)13-17/h3-9,11,13,18H,10,12,14H2,1-2H3,(H,21,22,23). The van der Waals surface area contributed by atoms with E-state index in [1.54, 1.807) is 20.3 Å². The molecular weight excluding hydrogens is 374 g/mol. The third-order valence-electron chi connectivity index (χ3n) is 4.97. The van der Waals surface area contributed by atoms with Gasteiger partial charge in [0.1, 0.15) is 0 Å². The average Bonchev–Trinajstić information content (AvgIpc) is 3.17. The molecular formula is C20H23N5O2S. The van der Waals surface area contributed by atoms with Gasteiger partial charge in [-0.2, -0.15) is 17.0 Å². The summed E-state index contributed by atoms with van der Waals surface area (Å²) in [7, 11) is -0.292. The highest BCUT2D eigenvalue weighted by Gasteiger charge is 2.33. The highest BCUT2D eigenvalue weighted by atomic mass is 32.2. The fraction of sp³-hybridized carbons (Fsp3) is 0.300. The molecule has 8 heteroatoms. The van der Waals surface area contributed by atoms with Crippen LogP contribution in [0.2, 0.25) is 0 Å². The molecule has 1 aliphatic heterocycles. The summed E-state index contributed by atoms with van der Waals surface area (Å²) in [6.45, 7) is 0.895. The molecule has 0 amide bonds. The van der Waals surface area contributed by atoms with E-state index in [-0.39, 0.29) is 6.04 Å². The molecule has 4 rings (SSSR count). The number of nitrogens with zero attached hydrogens (tertiary/aromatic N) is 4. The van der Waals surface area contributed by atoms with Gasteiger partial charge in [0.05, 0.1) is 5.69 Å². The number of hydrogen-bond donors (Lipinski definition) is 1. The van der Waals surface area contributed by atoms with Gasteiger partial charge < -0.3 is 5.32 Å². The van der Waals surface area contributed by atoms with Gasteiger partial charge in [-0.1, -0.05) is 36.4 Å². The molecule has 2 heterocycles. The van der Waals surface area contributed by atoms with Crippen LogP contribution in [-0.2, 0) is 10.2 Å². The zero-order chi connectivity index (χ0) is 19.7. The van der Waals surface area contributed by atoms with Crippen LogP contribution in [0.25, 0.3) is 22.0 Å². The van der Waals surface area contributed by atoms with E-state index in [4.69, 9.17) is 0 Å². The lowest BCUT2D eigenvalue weighted by molar-refractivity contribution is 0.420. The number of fused-ring (bicyclic) bond motifs is 1. The molecule has 7 nitrogen and oxygen atoms in total. The number of anilines is 1. The molecule has 1 fully saturated rings. The van der Waals surface area contributed by atoms with Gasteiger partial charge in [-0.15, -0.1) is 0 Å². The molecule has 146 valence electrons. The van der Waals surface area contributed by atoms with Gasteiger partial charge in [-0.25, -0.2) is 9.97 Å². The van der Waals surface area contributed by atoms with E-state index in [1.165, 1.54) is 14.0 Å². The summed E-state index contributed by atoms with van der Waals surface area (Å²) < 4.78 is 27.3. The van der Waals surface area contributed by atoms with Crippen molar-refractivity contribution in [1.82, 2.24) is 18.6 Å². The summed E-state index contributed by atoms with van der Waals surface area (Å²) in [5, 5.41) is 5.63. The van der Waals surface area contributed by atoms with Crippen molar-refractivity contribution in [1.29, 1.82) is 0 Å². The second kappa shape index (κ2) is 7.46. The molecule has 0 saturated carbocycles. The molecule has 0 aliphatic carbocycles. The van der Waals surface area contributed by atoms with Crippen LogP contribution in [0, 0.1) is 0 Å². The first kappa shape index (κ1) is 18.8. The number of aromatic nitrogens is 2. The van der Waals surface area contributed by atoms with Crippen LogP contribution in [0.3, 0.4) is 0 Å². The summed E-state index contributed by atoms with van der Waals surface area (Å²) in [6, 6.07) is 16.3. The third-order valence-corrected chi connectivity index (χ3v) is 6.88. The van der Waals surface area contributed by atoms with Crippen molar-refractivity contribution in [3.05, 3.63) is 54.7 Å². The number of rotatable bonds is 5. The molecule has 0 radical (unpaired) electrons. The van der Waals surface area contributed by atoms with E-state index in [0.29, 0.717) is 19.0 Å². The minimum Gasteiger partial charge on any atom is -0.350 e. The molecule has 0 spiro atoms. The molecule has 1 aliphatic rings. The topological polar surface area (TPSA) is 78.4 Å². The van der Waals surface area contributed by atoms with E-state index < -0.39 is 10.2 Å². The van der Waals surface area contributed by atoms with Crippen molar-refractivity contribution in [2.45, 2.75) is 12.5 Å². The maximum absolute atomic E-state index is 12.3. The van der Waals surface area contributed by atoms with Crippen molar-refractivity contribution in [2.75, 3.05) is 32.5 Å². The molecule has 1 aromatic heterocycles. The second-order valence-electron chi connectivity index (χ2n) is 7.11. The second-order valence-corrected chi connectivity index (χ2v) is 9.25. The predicted octanol–water partition coefficient (Wildman–Crippen LogP) is 2.59. The van der Waals surface area contributed by atoms with E-state index >= 15 is 0 Å². The van der Waals surface area contributed by atoms with Gasteiger partial charge in [-0.05, 0) is 29.3 Å². The Labute approximate surface area is 165 Å². The zero-order valence-corrected chi connectivity index (χ0v) is 16.7. The molecule has 28 heavy (non-hydrogen) atoms. The summed E-state index contributed by atoms with van der Waals surface area (Å²) in [5.41, 5.74) is 1.85. The normalized spacial score (nSPS) is 18.0. The Bertz CT molecular complexity index is 1100. The van der Waals surface area contributed by atoms with E-state index in [0.717, 1.165) is 23.1 Å². The van der Waals surface area contributed by atoms with Gasteiger partial charge >= 0.3 is 0 Å². The van der Waals surface area contributed by atoms with E-state index in [2.05, 4.69) is 45.6 Å². The minimum atomic E-state index is -3.39. The predicted molar refractivity (Wildman–Crippen MR) is 111 cm³/mol. The van der Waals surface area contributed by atoms with Gasteiger partial charge in [0.2, 0.25) is 5.95 Å². The Hall–Kier alpha value is -2.55. The first-order valence-corrected chi connectivity index (χ1v) is 10.6. The lowest BCUT2D eigenvalue weighted by atomic mass is 10.1. The Kier molecular flexibility index (Phi) is 5.01. The number of nitrogens with one attached hydrogen (secondary N) is 1. The van der Waals surface area contributed by atoms with Crippen molar-refractivity contribution < 1.29 is 8.42 Å². The smallest absolute Gasteiger partial charge is 0.281 e. The molecule has 1 saturated heterocycles. The largest absolute Gasteiger partial charge is 0.350 e. The number of benzene rings is 2. The fourth-order valence-electron chi connectivity index (χ4n) is 3.41. The average molecular weight is 398 g/mol. The lowest BCUT2D eigenvalue weighted by Gasteiger charge is -2.21. The molecule has 0 bridgehead atoms. The maximum atomic E-state index is 12.3. The highest BCUT2D eigenvalue weighted by molar-refractivity contribution is 7.86. The van der Waals surface area contributed by atoms with Crippen LogP contribution in [0.1, 0.15) is 6.42 Å². The Balaban J connectivity index is 1.51. The van der Waals surface area contributed by atoms with Crippen molar-refractivity contribution >= 4 is 26.9 Å². The summed E-state index contributed by atoms with van der Waals surface area (Å²) >= 11 is 0. The summed E-state index contributed by atoms with van der Waals surface area (Å²) in [6.07, 6.45) is 2.44. The Morgan fingerprint density at radius 2 is 1.89 bits per heavy atom. The van der Waals surface area contributed by atoms with Gasteiger partial charge in [0.25, 0.3) is 10.2 Å². The maximum Gasteiger partial charge on any atom is 0.281 e. The first-order chi connectivity index (χ1) is 13.4. The van der Waals surface area contributed by atoms with E-state index in [9.17, 15) is 8.42 Å². The SMILES string of the molecule is CN(C)S(=O)(=O)N1CCC(Nc2nccc(-c3ccc4ccccc4c3)n2)C1. The monoisotopic (exact) mass is 397 g/mol. The van der Waals surface area contributed by atoms with Crippen LogP contribution in [-0.4, -0.2) is 60.2 Å². The van der Waals surface area contributed by atoms with E-state index in [1.807, 2.05) is 18.2 Å². The molecule has 1 atom stereocenters. The van der Waals surface area contributed by atoms with Crippen molar-refractivity contribution in [3.63, 3.8) is 0 Å². The quantitative estimate of drug-likeness (QED) is 0.716. The highest BCUT2D eigenvalue weighted by Crippen LogP contribution is 2.24. The molecule has 1 unspecified atom stereocenters. The van der Waals surface area contributed by atoms with Gasteiger partial charge in [-0.3, -0.25) is 0 Å². The Morgan fingerprint density at radius 3 is 2.68 bits per heavy atom. The summed E-state index contributed by atoms with van der Waals surface area (Å²) in [5.74, 6) is 0.514. The summed E-state index contributed by atoms with van der Waals surface area (Å²) in [4.78, 5) is 8.95. The van der Waals surface area contributed by atoms with Crippen molar-refractivity contribution in [3.8, 4) is 11.3 Å². The van der Waals surface area contributed by atoms with Crippen LogP contribution >= 0.6 is 0 Å². The van der Waals surface area contributed by atoms with Crippen LogP contribution in [0.5, 0.6) is 0 Å². The molecule has 1 N–H and O–H groups in total. The molecule has 3 aromatic rings. The lowest BCUT2D eigenvalue weighted by Crippen LogP contribution is -2.39. The van der Waals surface area contributed by atoms with Crippen LogP contribution in [0.15, 0.2) is 54.7 Å². The molecule has 2 aromatic carbocycles. The third kappa shape index (κ3) is 3.71. The Morgan fingerprint density at radius 1 is 1.11 bits per heavy atom. The number of hydrogen-bond acceptors (Lipinski definition) is 5. The van der Waals surface area contributed by atoms with Crippen molar-refractivity contribution in [2.24, 2.45) is 0 Å². The van der Waals surface area contributed by atoms with Gasteiger partial charge in [0, 0.05) is 45.0 Å². The fourth-order valence-corrected chi connectivity index (χ4v) is 4.57. The zero-order valence-electron chi connectivity index (χ0n) is 15.9. The van der Waals surface area contributed by atoms with Crippen LogP contribution < -0.4 is 5.32 Å². The minimum absolute atomic E-state index is 0.0124.